The number of hydrogen-bond acceptors (Lipinski definition) is 1. The summed E-state index contributed by atoms with van der Waals surface area (Å²) in [5.74, 6) is -0.166. The highest BCUT2D eigenvalue weighted by atomic mass is 19.1. The van der Waals surface area contributed by atoms with Gasteiger partial charge < -0.3 is 4.90 Å². The van der Waals surface area contributed by atoms with Crippen LogP contribution in [-0.2, 0) is 0 Å². The normalized spacial score (nSPS) is 13.7. The fourth-order valence-corrected chi connectivity index (χ4v) is 0.385. The van der Waals surface area contributed by atoms with Gasteiger partial charge in [0.1, 0.15) is 0 Å². The van der Waals surface area contributed by atoms with Gasteiger partial charge in [-0.15, -0.1) is 0 Å². The van der Waals surface area contributed by atoms with Crippen molar-refractivity contribution in [3.63, 3.8) is 0 Å². The average molecular weight is 143 g/mol. The van der Waals surface area contributed by atoms with Gasteiger partial charge in [0.25, 0.3) is 0 Å². The Morgan fingerprint density at radius 2 is 1.70 bits per heavy atom. The number of nitrogens with zero attached hydrogens (tertiary/aromatic N) is 1. The van der Waals surface area contributed by atoms with Gasteiger partial charge in [-0.25, -0.2) is 4.39 Å². The first kappa shape index (κ1) is 9.21. The van der Waals surface area contributed by atoms with Gasteiger partial charge in [-0.1, -0.05) is 0 Å². The van der Waals surface area contributed by atoms with E-state index in [0.717, 1.165) is 5.70 Å². The molecule has 0 aliphatic heterocycles. The molecule has 0 fully saturated rings. The Labute approximate surface area is 61.8 Å². The van der Waals surface area contributed by atoms with E-state index >= 15 is 0 Å². The van der Waals surface area contributed by atoms with Gasteiger partial charge in [0.15, 0.2) is 0 Å². The second kappa shape index (κ2) is 4.09. The summed E-state index contributed by atoms with van der Waals surface area (Å²) >= 11 is 0. The van der Waals surface area contributed by atoms with Crippen molar-refractivity contribution in [1.29, 1.82) is 0 Å². The van der Waals surface area contributed by atoms with Gasteiger partial charge in [0, 0.05) is 19.8 Å². The van der Waals surface area contributed by atoms with Crippen LogP contribution in [0.3, 0.4) is 0 Å². The summed E-state index contributed by atoms with van der Waals surface area (Å²) in [6.07, 6.45) is 3.20. The zero-order valence-corrected chi connectivity index (χ0v) is 6.98. The SMILES string of the molecule is CC(F)=CC=C(C)N(C)C. The van der Waals surface area contributed by atoms with Gasteiger partial charge in [-0.3, -0.25) is 0 Å². The summed E-state index contributed by atoms with van der Waals surface area (Å²) in [4.78, 5) is 1.93. The molecular weight excluding hydrogens is 129 g/mol. The summed E-state index contributed by atoms with van der Waals surface area (Å²) in [5.41, 5.74) is 1.04. The second-order valence-electron chi connectivity index (χ2n) is 2.46. The van der Waals surface area contributed by atoms with Crippen LogP contribution in [-0.4, -0.2) is 19.0 Å². The molecule has 0 saturated carbocycles. The van der Waals surface area contributed by atoms with Crippen LogP contribution in [0.1, 0.15) is 13.8 Å². The van der Waals surface area contributed by atoms with Crippen LogP contribution in [0.25, 0.3) is 0 Å². The van der Waals surface area contributed by atoms with E-state index in [1.54, 1.807) is 6.08 Å². The smallest absolute Gasteiger partial charge is 0.0969 e. The zero-order valence-electron chi connectivity index (χ0n) is 6.98. The van der Waals surface area contributed by atoms with Crippen LogP contribution in [0.4, 0.5) is 4.39 Å². The number of hydrogen-bond donors (Lipinski definition) is 0. The molecule has 1 nitrogen and oxygen atoms in total. The van der Waals surface area contributed by atoms with Crippen molar-refractivity contribution in [3.8, 4) is 0 Å². The van der Waals surface area contributed by atoms with Gasteiger partial charge in [0.05, 0.1) is 5.83 Å². The number of halogens is 1. The predicted octanol–water partition coefficient (Wildman–Crippen LogP) is 2.33. The van der Waals surface area contributed by atoms with Crippen molar-refractivity contribution in [2.24, 2.45) is 0 Å². The molecule has 2 heteroatoms. The lowest BCUT2D eigenvalue weighted by atomic mass is 10.4. The van der Waals surface area contributed by atoms with Crippen molar-refractivity contribution in [2.75, 3.05) is 14.1 Å². The van der Waals surface area contributed by atoms with E-state index < -0.39 is 0 Å². The van der Waals surface area contributed by atoms with Crippen LogP contribution in [0.5, 0.6) is 0 Å². The highest BCUT2D eigenvalue weighted by Gasteiger charge is 1.87. The molecule has 0 aliphatic rings. The highest BCUT2D eigenvalue weighted by Crippen LogP contribution is 1.99. The quantitative estimate of drug-likeness (QED) is 0.536. The average Bonchev–Trinajstić information content (AvgIpc) is 1.82. The first-order valence-electron chi connectivity index (χ1n) is 3.22. The maximum Gasteiger partial charge on any atom is 0.0969 e. The molecular formula is C8H14FN. The lowest BCUT2D eigenvalue weighted by Crippen LogP contribution is -2.07. The van der Waals surface area contributed by atoms with E-state index in [4.69, 9.17) is 0 Å². The van der Waals surface area contributed by atoms with E-state index in [0.29, 0.717) is 0 Å². The van der Waals surface area contributed by atoms with Crippen molar-refractivity contribution in [2.45, 2.75) is 13.8 Å². The Balaban J connectivity index is 4.05. The predicted molar refractivity (Wildman–Crippen MR) is 42.3 cm³/mol. The fraction of sp³-hybridized carbons (Fsp3) is 0.500. The summed E-state index contributed by atoms with van der Waals surface area (Å²) in [5, 5.41) is 0. The van der Waals surface area contributed by atoms with E-state index in [9.17, 15) is 4.39 Å². The topological polar surface area (TPSA) is 3.24 Å². The van der Waals surface area contributed by atoms with Crippen LogP contribution in [0.15, 0.2) is 23.7 Å². The fourth-order valence-electron chi connectivity index (χ4n) is 0.385. The van der Waals surface area contributed by atoms with E-state index in [1.807, 2.05) is 25.9 Å². The molecule has 0 aliphatic carbocycles. The van der Waals surface area contributed by atoms with Crippen LogP contribution in [0, 0.1) is 0 Å². The van der Waals surface area contributed by atoms with Crippen molar-refractivity contribution < 1.29 is 4.39 Å². The molecule has 10 heavy (non-hydrogen) atoms. The summed E-state index contributed by atoms with van der Waals surface area (Å²) in [6, 6.07) is 0. The third-order valence-electron chi connectivity index (χ3n) is 1.26. The lowest BCUT2D eigenvalue weighted by molar-refractivity contribution is 0.513. The molecule has 0 rings (SSSR count). The molecule has 0 heterocycles. The highest BCUT2D eigenvalue weighted by molar-refractivity contribution is 5.10. The number of allylic oxidation sites excluding steroid dienone is 4. The van der Waals surface area contributed by atoms with Crippen molar-refractivity contribution in [1.82, 2.24) is 4.90 Å². The molecule has 0 saturated heterocycles. The van der Waals surface area contributed by atoms with Crippen LogP contribution >= 0.6 is 0 Å². The third-order valence-corrected chi connectivity index (χ3v) is 1.26. The first-order chi connectivity index (χ1) is 4.54. The van der Waals surface area contributed by atoms with Crippen LogP contribution in [0.2, 0.25) is 0 Å². The Kier molecular flexibility index (Phi) is 3.77. The maximum absolute atomic E-state index is 12.1. The second-order valence-corrected chi connectivity index (χ2v) is 2.46. The van der Waals surface area contributed by atoms with Gasteiger partial charge >= 0.3 is 0 Å². The summed E-state index contributed by atoms with van der Waals surface area (Å²) in [7, 11) is 3.85. The Morgan fingerprint density at radius 3 is 2.00 bits per heavy atom. The van der Waals surface area contributed by atoms with Crippen molar-refractivity contribution >= 4 is 0 Å². The zero-order chi connectivity index (χ0) is 8.15. The molecule has 0 radical (unpaired) electrons. The van der Waals surface area contributed by atoms with Gasteiger partial charge in [0.2, 0.25) is 0 Å². The molecule has 0 aromatic rings. The summed E-state index contributed by atoms with van der Waals surface area (Å²) < 4.78 is 12.1. The molecule has 0 amide bonds. The monoisotopic (exact) mass is 143 g/mol. The van der Waals surface area contributed by atoms with Gasteiger partial charge in [-0.05, 0) is 26.0 Å². The standard InChI is InChI=1S/C8H14FN/c1-7(9)5-6-8(2)10(3)4/h5-6H,1-4H3. The Morgan fingerprint density at radius 1 is 1.20 bits per heavy atom. The van der Waals surface area contributed by atoms with E-state index in [1.165, 1.54) is 13.0 Å². The molecule has 0 unspecified atom stereocenters. The minimum atomic E-state index is -0.166. The molecule has 0 aromatic carbocycles. The number of rotatable bonds is 2. The largest absolute Gasteiger partial charge is 0.381 e. The maximum atomic E-state index is 12.1. The Bertz CT molecular complexity index is 153. The van der Waals surface area contributed by atoms with Gasteiger partial charge in [-0.2, -0.15) is 0 Å². The first-order valence-corrected chi connectivity index (χ1v) is 3.22. The third kappa shape index (κ3) is 4.13. The van der Waals surface area contributed by atoms with Crippen molar-refractivity contribution in [3.05, 3.63) is 23.7 Å². The molecule has 58 valence electrons. The minimum Gasteiger partial charge on any atom is -0.381 e. The molecule has 0 spiro atoms. The minimum absolute atomic E-state index is 0.166. The van der Waals surface area contributed by atoms with Crippen LogP contribution < -0.4 is 0 Å². The molecule has 0 atom stereocenters. The van der Waals surface area contributed by atoms with E-state index in [-0.39, 0.29) is 5.83 Å². The molecule has 0 aromatic heterocycles. The van der Waals surface area contributed by atoms with E-state index in [2.05, 4.69) is 0 Å². The molecule has 0 N–H and O–H groups in total. The summed E-state index contributed by atoms with van der Waals surface area (Å²) in [6.45, 7) is 3.36. The lowest BCUT2D eigenvalue weighted by Gasteiger charge is -2.10. The molecule has 0 bridgehead atoms. The Hall–Kier alpha value is -0.790.